The van der Waals surface area contributed by atoms with Crippen molar-refractivity contribution in [2.24, 2.45) is 5.92 Å². The molecular weight excluding hydrogens is 356 g/mol. The average Bonchev–Trinajstić information content (AvgIpc) is 2.36. The predicted octanol–water partition coefficient (Wildman–Crippen LogP) is 3.41. The normalized spacial score (nSPS) is 27.2. The lowest BCUT2D eigenvalue weighted by Gasteiger charge is -2.47. The van der Waals surface area contributed by atoms with Crippen LogP contribution < -0.4 is 10.6 Å². The number of carboxylic acid groups (broad SMARTS) is 1. The zero-order chi connectivity index (χ0) is 21.5. The molecule has 0 aromatic heterocycles. The van der Waals surface area contributed by atoms with Crippen molar-refractivity contribution in [2.45, 2.75) is 109 Å². The molecule has 3 N–H and O–H groups in total. The van der Waals surface area contributed by atoms with Gasteiger partial charge in [-0.25, -0.2) is 9.59 Å². The fraction of sp³-hybridized carbons (Fsp3) is 0.818. The minimum absolute atomic E-state index is 0.151. The fourth-order valence-electron chi connectivity index (χ4n) is 5.55. The van der Waals surface area contributed by atoms with Crippen molar-refractivity contribution in [3.8, 4) is 0 Å². The standard InChI is InChI=1S/C22H38N2O4/c1-19(2)10-14(11-20(3,4)23-19)16(9-17(25)26)18(27)28-15-12-21(5,6)24-22(7,8)13-15/h9,14-15,23-24H,10-13H2,1-8H3,(H,25,26). The van der Waals surface area contributed by atoms with Gasteiger partial charge in [-0.2, -0.15) is 0 Å². The van der Waals surface area contributed by atoms with E-state index in [2.05, 4.69) is 66.0 Å². The Kier molecular flexibility index (Phi) is 6.09. The molecule has 6 heteroatoms. The molecule has 0 spiro atoms. The number of hydrogen-bond acceptors (Lipinski definition) is 5. The molecule has 2 heterocycles. The van der Waals surface area contributed by atoms with Gasteiger partial charge < -0.3 is 20.5 Å². The van der Waals surface area contributed by atoms with E-state index in [1.54, 1.807) is 0 Å². The molecule has 0 aliphatic carbocycles. The summed E-state index contributed by atoms with van der Waals surface area (Å²) in [6.45, 7) is 16.7. The molecule has 2 aliphatic heterocycles. The quantitative estimate of drug-likeness (QED) is 0.500. The van der Waals surface area contributed by atoms with Crippen LogP contribution in [0.1, 0.15) is 81.1 Å². The summed E-state index contributed by atoms with van der Waals surface area (Å²) in [6, 6.07) is 0. The number of carbonyl (C=O) groups is 2. The summed E-state index contributed by atoms with van der Waals surface area (Å²) in [7, 11) is 0. The summed E-state index contributed by atoms with van der Waals surface area (Å²) in [6.07, 6.45) is 3.60. The molecule has 160 valence electrons. The Labute approximate surface area is 169 Å². The van der Waals surface area contributed by atoms with Crippen molar-refractivity contribution in [1.82, 2.24) is 10.6 Å². The van der Waals surface area contributed by atoms with E-state index >= 15 is 0 Å². The molecule has 0 saturated carbocycles. The second kappa shape index (κ2) is 7.45. The van der Waals surface area contributed by atoms with E-state index in [-0.39, 0.29) is 39.8 Å². The number of ether oxygens (including phenoxy) is 1. The van der Waals surface area contributed by atoms with Gasteiger partial charge in [0.05, 0.1) is 0 Å². The van der Waals surface area contributed by atoms with Gasteiger partial charge in [0.1, 0.15) is 6.10 Å². The highest BCUT2D eigenvalue weighted by molar-refractivity contribution is 5.96. The van der Waals surface area contributed by atoms with Gasteiger partial charge in [0.25, 0.3) is 0 Å². The van der Waals surface area contributed by atoms with Gasteiger partial charge in [0, 0.05) is 46.6 Å². The van der Waals surface area contributed by atoms with Gasteiger partial charge in [-0.1, -0.05) is 0 Å². The van der Waals surface area contributed by atoms with Gasteiger partial charge in [-0.3, -0.25) is 0 Å². The Morgan fingerprint density at radius 2 is 1.21 bits per heavy atom. The Bertz CT molecular complexity index is 629. The lowest BCUT2D eigenvalue weighted by atomic mass is 9.73. The molecule has 2 saturated heterocycles. The molecule has 0 amide bonds. The number of carbonyl (C=O) groups excluding carboxylic acids is 1. The van der Waals surface area contributed by atoms with Gasteiger partial charge in [0.15, 0.2) is 0 Å². The van der Waals surface area contributed by atoms with Crippen LogP contribution in [0.5, 0.6) is 0 Å². The number of piperidine rings is 2. The first kappa shape index (κ1) is 22.9. The topological polar surface area (TPSA) is 87.7 Å². The number of carboxylic acids is 1. The van der Waals surface area contributed by atoms with Crippen LogP contribution in [0.15, 0.2) is 11.6 Å². The molecule has 0 aromatic carbocycles. The molecule has 0 aromatic rings. The molecule has 2 aliphatic rings. The third-order valence-corrected chi connectivity index (χ3v) is 5.57. The highest BCUT2D eigenvalue weighted by Gasteiger charge is 2.43. The summed E-state index contributed by atoms with van der Waals surface area (Å²) >= 11 is 0. The highest BCUT2D eigenvalue weighted by atomic mass is 16.5. The molecule has 2 rings (SSSR count). The van der Waals surface area contributed by atoms with Gasteiger partial charge in [-0.15, -0.1) is 0 Å². The van der Waals surface area contributed by atoms with E-state index < -0.39 is 11.9 Å². The lowest BCUT2D eigenvalue weighted by molar-refractivity contribution is -0.149. The molecule has 28 heavy (non-hydrogen) atoms. The van der Waals surface area contributed by atoms with Crippen LogP contribution in [0.4, 0.5) is 0 Å². The van der Waals surface area contributed by atoms with E-state index in [4.69, 9.17) is 4.74 Å². The van der Waals surface area contributed by atoms with Crippen molar-refractivity contribution < 1.29 is 19.4 Å². The second-order valence-electron chi connectivity index (χ2n) is 11.3. The predicted molar refractivity (Wildman–Crippen MR) is 110 cm³/mol. The third kappa shape index (κ3) is 6.31. The monoisotopic (exact) mass is 394 g/mol. The molecule has 0 bridgehead atoms. The Morgan fingerprint density at radius 3 is 1.61 bits per heavy atom. The van der Waals surface area contributed by atoms with E-state index in [0.29, 0.717) is 25.7 Å². The first-order valence-electron chi connectivity index (χ1n) is 10.2. The number of nitrogens with one attached hydrogen (secondary N) is 2. The van der Waals surface area contributed by atoms with Crippen LogP contribution in [0.25, 0.3) is 0 Å². The lowest BCUT2D eigenvalue weighted by Crippen LogP contribution is -2.60. The summed E-state index contributed by atoms with van der Waals surface area (Å²) in [5, 5.41) is 16.5. The second-order valence-corrected chi connectivity index (χ2v) is 11.3. The SMILES string of the molecule is CC1(C)CC(OC(=O)C(=CC(=O)O)C2CC(C)(C)NC(C)(C)C2)CC(C)(C)N1. The largest absolute Gasteiger partial charge is 0.478 e. The van der Waals surface area contributed by atoms with Crippen molar-refractivity contribution in [1.29, 1.82) is 0 Å². The zero-order valence-corrected chi connectivity index (χ0v) is 18.7. The van der Waals surface area contributed by atoms with Gasteiger partial charge in [-0.05, 0) is 74.1 Å². The maximum Gasteiger partial charge on any atom is 0.334 e. The van der Waals surface area contributed by atoms with Crippen LogP contribution in [0.3, 0.4) is 0 Å². The molecule has 6 nitrogen and oxygen atoms in total. The van der Waals surface area contributed by atoms with E-state index in [1.165, 1.54) is 0 Å². The van der Waals surface area contributed by atoms with E-state index in [9.17, 15) is 14.7 Å². The van der Waals surface area contributed by atoms with Crippen LogP contribution in [0.2, 0.25) is 0 Å². The minimum atomic E-state index is -1.10. The maximum absolute atomic E-state index is 13.1. The first-order chi connectivity index (χ1) is 12.5. The molecule has 0 unspecified atom stereocenters. The molecule has 2 fully saturated rings. The third-order valence-electron chi connectivity index (χ3n) is 5.57. The van der Waals surface area contributed by atoms with Crippen LogP contribution in [-0.2, 0) is 14.3 Å². The van der Waals surface area contributed by atoms with Crippen LogP contribution >= 0.6 is 0 Å². The summed E-state index contributed by atoms with van der Waals surface area (Å²) in [4.78, 5) is 24.6. The average molecular weight is 395 g/mol. The summed E-state index contributed by atoms with van der Waals surface area (Å²) in [5.41, 5.74) is -0.402. The van der Waals surface area contributed by atoms with Gasteiger partial charge >= 0.3 is 11.9 Å². The fourth-order valence-corrected chi connectivity index (χ4v) is 5.55. The summed E-state index contributed by atoms with van der Waals surface area (Å²) in [5.74, 6) is -1.75. The van der Waals surface area contributed by atoms with Crippen molar-refractivity contribution in [2.75, 3.05) is 0 Å². The first-order valence-corrected chi connectivity index (χ1v) is 10.2. The van der Waals surface area contributed by atoms with Crippen molar-refractivity contribution >= 4 is 11.9 Å². The Hall–Kier alpha value is -1.40. The summed E-state index contributed by atoms with van der Waals surface area (Å²) < 4.78 is 5.88. The van der Waals surface area contributed by atoms with Crippen molar-refractivity contribution in [3.05, 3.63) is 11.6 Å². The highest BCUT2D eigenvalue weighted by Crippen LogP contribution is 2.38. The van der Waals surface area contributed by atoms with Gasteiger partial charge in [0.2, 0.25) is 0 Å². The zero-order valence-electron chi connectivity index (χ0n) is 18.7. The van der Waals surface area contributed by atoms with Crippen LogP contribution in [0, 0.1) is 5.92 Å². The Balaban J connectivity index is 2.24. The number of rotatable bonds is 4. The minimum Gasteiger partial charge on any atom is -0.478 e. The molecule has 0 radical (unpaired) electrons. The maximum atomic E-state index is 13.1. The van der Waals surface area contributed by atoms with E-state index in [0.717, 1.165) is 6.08 Å². The van der Waals surface area contributed by atoms with E-state index in [1.807, 2.05) is 0 Å². The van der Waals surface area contributed by atoms with Crippen molar-refractivity contribution in [3.63, 3.8) is 0 Å². The number of aliphatic carboxylic acids is 1. The molecular formula is C22H38N2O4. The Morgan fingerprint density at radius 1 is 0.821 bits per heavy atom. The molecule has 0 atom stereocenters. The smallest absolute Gasteiger partial charge is 0.334 e. The number of esters is 1. The number of hydrogen-bond donors (Lipinski definition) is 3. The van der Waals surface area contributed by atoms with Crippen LogP contribution in [-0.4, -0.2) is 45.3 Å².